The monoisotopic (exact) mass is 461 g/mol. The van der Waals surface area contributed by atoms with Gasteiger partial charge in [-0.25, -0.2) is 4.79 Å². The molecular weight excluding hydrogens is 426 g/mol. The molecule has 0 radical (unpaired) electrons. The highest BCUT2D eigenvalue weighted by Gasteiger charge is 2.43. The van der Waals surface area contributed by atoms with Gasteiger partial charge >= 0.3 is 18.0 Å². The van der Waals surface area contributed by atoms with Crippen molar-refractivity contribution in [3.05, 3.63) is 29.8 Å². The molecule has 2 aliphatic rings. The summed E-state index contributed by atoms with van der Waals surface area (Å²) in [5.41, 5.74) is 0.179. The van der Waals surface area contributed by atoms with Crippen LogP contribution in [0.15, 0.2) is 24.3 Å². The molecular formula is C24H35N3O6. The van der Waals surface area contributed by atoms with Crippen LogP contribution in [-0.4, -0.2) is 81.4 Å². The lowest BCUT2D eigenvalue weighted by Crippen LogP contribution is -2.53. The van der Waals surface area contributed by atoms with Crippen LogP contribution in [0.5, 0.6) is 0 Å². The number of anilines is 1. The van der Waals surface area contributed by atoms with Crippen LogP contribution in [0.3, 0.4) is 0 Å². The average Bonchev–Trinajstić information content (AvgIpc) is 3.12. The van der Waals surface area contributed by atoms with Gasteiger partial charge in [-0.1, -0.05) is 18.2 Å². The minimum Gasteiger partial charge on any atom is -0.480 e. The summed E-state index contributed by atoms with van der Waals surface area (Å²) in [4.78, 5) is 39.7. The third-order valence-corrected chi connectivity index (χ3v) is 6.49. The number of benzene rings is 1. The highest BCUT2D eigenvalue weighted by atomic mass is 16.6. The van der Waals surface area contributed by atoms with Gasteiger partial charge in [-0.15, -0.1) is 0 Å². The standard InChI is InChI=1S/C24H35N3O6/c1-23(2,3)33-22(32)26-14-11-24(4,15-26)27-12-9-16(10-13-27)25-18-8-6-5-7-17(18)19(20(28)29)21(30)31/h5-8,16,19,25H,9-15H2,1-4H3,(H,28,29)(H,30,31). The van der Waals surface area contributed by atoms with E-state index in [9.17, 15) is 24.6 Å². The minimum atomic E-state index is -1.61. The lowest BCUT2D eigenvalue weighted by molar-refractivity contribution is -0.150. The van der Waals surface area contributed by atoms with Gasteiger partial charge < -0.3 is 25.2 Å². The third kappa shape index (κ3) is 5.96. The smallest absolute Gasteiger partial charge is 0.410 e. The van der Waals surface area contributed by atoms with Gasteiger partial charge in [0.05, 0.1) is 0 Å². The van der Waals surface area contributed by atoms with Gasteiger partial charge in [0, 0.05) is 49.0 Å². The fourth-order valence-corrected chi connectivity index (χ4v) is 4.72. The Hall–Kier alpha value is -2.81. The Labute approximate surface area is 194 Å². The number of nitrogens with one attached hydrogen (secondary N) is 1. The minimum absolute atomic E-state index is 0.109. The number of carbonyl (C=O) groups excluding carboxylic acids is 1. The van der Waals surface area contributed by atoms with E-state index in [1.165, 1.54) is 0 Å². The second-order valence-corrected chi connectivity index (χ2v) is 10.3. The predicted octanol–water partition coefficient (Wildman–Crippen LogP) is 3.22. The van der Waals surface area contributed by atoms with E-state index >= 15 is 0 Å². The normalized spacial score (nSPS) is 22.4. The molecule has 0 saturated carbocycles. The molecule has 1 aromatic rings. The van der Waals surface area contributed by atoms with Gasteiger partial charge in [0.2, 0.25) is 0 Å². The van der Waals surface area contributed by atoms with E-state index in [2.05, 4.69) is 17.1 Å². The highest BCUT2D eigenvalue weighted by Crippen LogP contribution is 2.33. The Morgan fingerprint density at radius 1 is 1.09 bits per heavy atom. The van der Waals surface area contributed by atoms with Crippen LogP contribution in [0.25, 0.3) is 0 Å². The summed E-state index contributed by atoms with van der Waals surface area (Å²) in [7, 11) is 0. The zero-order valence-electron chi connectivity index (χ0n) is 19.8. The van der Waals surface area contributed by atoms with Crippen molar-refractivity contribution in [3.63, 3.8) is 0 Å². The molecule has 182 valence electrons. The first-order valence-corrected chi connectivity index (χ1v) is 11.4. The average molecular weight is 462 g/mol. The number of carboxylic acids is 2. The van der Waals surface area contributed by atoms with E-state index in [-0.39, 0.29) is 23.2 Å². The number of nitrogens with zero attached hydrogens (tertiary/aromatic N) is 2. The van der Waals surface area contributed by atoms with Crippen LogP contribution in [-0.2, 0) is 14.3 Å². The van der Waals surface area contributed by atoms with E-state index in [0.717, 1.165) is 32.4 Å². The molecule has 0 spiro atoms. The Morgan fingerprint density at radius 2 is 1.70 bits per heavy atom. The molecule has 2 saturated heterocycles. The molecule has 2 aliphatic heterocycles. The van der Waals surface area contributed by atoms with Gasteiger partial charge in [-0.2, -0.15) is 0 Å². The Bertz CT molecular complexity index is 876. The quantitative estimate of drug-likeness (QED) is 0.553. The number of amides is 1. The molecule has 0 aliphatic carbocycles. The zero-order valence-corrected chi connectivity index (χ0v) is 19.8. The number of carbonyl (C=O) groups is 3. The number of rotatable bonds is 6. The second kappa shape index (κ2) is 9.59. The topological polar surface area (TPSA) is 119 Å². The number of carboxylic acid groups (broad SMARTS) is 2. The molecule has 0 bridgehead atoms. The fraction of sp³-hybridized carbons (Fsp3) is 0.625. The van der Waals surface area contributed by atoms with Crippen molar-refractivity contribution in [1.29, 1.82) is 0 Å². The van der Waals surface area contributed by atoms with Crippen molar-refractivity contribution in [2.45, 2.75) is 70.1 Å². The SMILES string of the molecule is CC(C)(C)OC(=O)N1CCC(C)(N2CCC(Nc3ccccc3C(C(=O)O)C(=O)O)CC2)C1. The highest BCUT2D eigenvalue weighted by molar-refractivity contribution is 6.00. The molecule has 2 fully saturated rings. The van der Waals surface area contributed by atoms with Crippen molar-refractivity contribution < 1.29 is 29.3 Å². The molecule has 3 N–H and O–H groups in total. The molecule has 33 heavy (non-hydrogen) atoms. The van der Waals surface area contributed by atoms with E-state index < -0.39 is 23.5 Å². The van der Waals surface area contributed by atoms with Crippen molar-refractivity contribution in [3.8, 4) is 0 Å². The Kier molecular flexibility index (Phi) is 7.21. The molecule has 9 heteroatoms. The zero-order chi connectivity index (χ0) is 24.4. The summed E-state index contributed by atoms with van der Waals surface area (Å²) in [6, 6.07) is 6.82. The molecule has 1 atom stereocenters. The summed E-state index contributed by atoms with van der Waals surface area (Å²) >= 11 is 0. The maximum absolute atomic E-state index is 12.5. The van der Waals surface area contributed by atoms with Crippen molar-refractivity contribution in [1.82, 2.24) is 9.80 Å². The summed E-state index contributed by atoms with van der Waals surface area (Å²) in [6.07, 6.45) is 2.28. The van der Waals surface area contributed by atoms with Gasteiger partial charge in [0.25, 0.3) is 0 Å². The van der Waals surface area contributed by atoms with Crippen molar-refractivity contribution in [2.24, 2.45) is 0 Å². The number of aliphatic carboxylic acids is 2. The first-order valence-electron chi connectivity index (χ1n) is 11.4. The molecule has 1 aromatic carbocycles. The van der Waals surface area contributed by atoms with Gasteiger partial charge in [-0.05, 0) is 53.0 Å². The predicted molar refractivity (Wildman–Crippen MR) is 124 cm³/mol. The molecule has 1 unspecified atom stereocenters. The van der Waals surface area contributed by atoms with Crippen LogP contribution in [0.1, 0.15) is 58.4 Å². The third-order valence-electron chi connectivity index (χ3n) is 6.49. The van der Waals surface area contributed by atoms with Gasteiger partial charge in [0.1, 0.15) is 5.60 Å². The Morgan fingerprint density at radius 3 is 2.27 bits per heavy atom. The number of para-hydroxylation sites is 1. The molecule has 2 heterocycles. The van der Waals surface area contributed by atoms with Crippen LogP contribution in [0.4, 0.5) is 10.5 Å². The summed E-state index contributed by atoms with van der Waals surface area (Å²) < 4.78 is 5.52. The summed E-state index contributed by atoms with van der Waals surface area (Å²) in [5.74, 6) is -4.37. The summed E-state index contributed by atoms with van der Waals surface area (Å²) in [5, 5.41) is 22.1. The fourth-order valence-electron chi connectivity index (χ4n) is 4.72. The van der Waals surface area contributed by atoms with E-state index in [1.807, 2.05) is 20.8 Å². The van der Waals surface area contributed by atoms with Crippen LogP contribution < -0.4 is 5.32 Å². The number of hydrogen-bond acceptors (Lipinski definition) is 6. The molecule has 0 aromatic heterocycles. The first kappa shape index (κ1) is 24.8. The number of likely N-dealkylation sites (tertiary alicyclic amines) is 2. The number of piperidine rings is 1. The molecule has 9 nitrogen and oxygen atoms in total. The van der Waals surface area contributed by atoms with Crippen LogP contribution >= 0.6 is 0 Å². The van der Waals surface area contributed by atoms with Crippen molar-refractivity contribution in [2.75, 3.05) is 31.5 Å². The largest absolute Gasteiger partial charge is 0.480 e. The van der Waals surface area contributed by atoms with Gasteiger partial charge in [0.15, 0.2) is 5.92 Å². The van der Waals surface area contributed by atoms with Gasteiger partial charge in [-0.3, -0.25) is 14.5 Å². The van der Waals surface area contributed by atoms with E-state index in [1.54, 1.807) is 29.2 Å². The first-order chi connectivity index (χ1) is 15.4. The maximum Gasteiger partial charge on any atom is 0.410 e. The molecule has 3 rings (SSSR count). The van der Waals surface area contributed by atoms with E-state index in [0.29, 0.717) is 18.8 Å². The maximum atomic E-state index is 12.5. The lowest BCUT2D eigenvalue weighted by Gasteiger charge is -2.43. The van der Waals surface area contributed by atoms with Crippen LogP contribution in [0.2, 0.25) is 0 Å². The van der Waals surface area contributed by atoms with E-state index in [4.69, 9.17) is 4.74 Å². The molecule has 1 amide bonds. The number of hydrogen-bond donors (Lipinski definition) is 3. The number of ether oxygens (including phenoxy) is 1. The van der Waals surface area contributed by atoms with Crippen LogP contribution in [0, 0.1) is 0 Å². The lowest BCUT2D eigenvalue weighted by atomic mass is 9.93. The van der Waals surface area contributed by atoms with Crippen molar-refractivity contribution >= 4 is 23.7 Å². The summed E-state index contributed by atoms with van der Waals surface area (Å²) in [6.45, 7) is 10.7. The Balaban J connectivity index is 1.60. The second-order valence-electron chi connectivity index (χ2n) is 10.3.